The molecule has 0 bridgehead atoms. The van der Waals surface area contributed by atoms with Gasteiger partial charge < -0.3 is 19.5 Å². The average Bonchev–Trinajstić information content (AvgIpc) is 3.50. The molecule has 3 aromatic carbocycles. The van der Waals surface area contributed by atoms with Crippen LogP contribution in [-0.2, 0) is 16.1 Å². The first-order chi connectivity index (χ1) is 20.9. The maximum absolute atomic E-state index is 13.1. The number of alkyl halides is 3. The Labute approximate surface area is 251 Å². The molecule has 1 unspecified atom stereocenters. The van der Waals surface area contributed by atoms with E-state index in [1.54, 1.807) is 44.2 Å². The molecule has 2 N–H and O–H groups in total. The van der Waals surface area contributed by atoms with Gasteiger partial charge in [-0.2, -0.15) is 5.21 Å². The molecule has 0 aliphatic heterocycles. The van der Waals surface area contributed by atoms with Crippen molar-refractivity contribution >= 4 is 11.9 Å². The van der Waals surface area contributed by atoms with Gasteiger partial charge in [0, 0.05) is 24.6 Å². The molecule has 4 aromatic rings. The lowest BCUT2D eigenvalue weighted by atomic mass is 9.97. The van der Waals surface area contributed by atoms with E-state index in [0.29, 0.717) is 29.1 Å². The number of amides is 1. The Kier molecular flexibility index (Phi) is 10.2. The van der Waals surface area contributed by atoms with Crippen LogP contribution in [0, 0.1) is 5.92 Å². The second kappa shape index (κ2) is 14.0. The molecule has 0 saturated heterocycles. The zero-order chi connectivity index (χ0) is 31.9. The molecular weight excluding hydrogens is 579 g/mol. The van der Waals surface area contributed by atoms with Crippen molar-refractivity contribution in [2.24, 2.45) is 5.92 Å². The standard InChI is InChI=1S/C31H32F3N5O5/c1-4-5-9-27(40)39(28(19(2)3)30(41)42)18-20-10-12-21(13-11-20)26-17-23(14-15-25(26)29-35-37-38-36-29)43-22-7-6-8-24(16-22)44-31(32,33)34/h6-8,10-17,19,28H,4-5,9,18H2,1-3H3,(H,41,42)(H,35,36,37,38). The van der Waals surface area contributed by atoms with Crippen LogP contribution in [0.15, 0.2) is 66.7 Å². The number of tetrazole rings is 1. The Morgan fingerprint density at radius 3 is 2.30 bits per heavy atom. The third-order valence-electron chi connectivity index (χ3n) is 6.75. The molecule has 10 nitrogen and oxygen atoms in total. The highest BCUT2D eigenvalue weighted by atomic mass is 19.4. The first-order valence-corrected chi connectivity index (χ1v) is 14.0. The van der Waals surface area contributed by atoms with Crippen LogP contribution in [0.25, 0.3) is 22.5 Å². The van der Waals surface area contributed by atoms with Crippen LogP contribution in [-0.4, -0.2) is 54.9 Å². The number of benzene rings is 3. The minimum atomic E-state index is -4.84. The maximum Gasteiger partial charge on any atom is 0.573 e. The number of rotatable bonds is 13. The fraction of sp³-hybridized carbons (Fsp3) is 0.323. The number of aromatic nitrogens is 4. The van der Waals surface area contributed by atoms with Crippen molar-refractivity contribution in [3.8, 4) is 39.8 Å². The Bertz CT molecular complexity index is 1560. The first kappa shape index (κ1) is 32.0. The van der Waals surface area contributed by atoms with Crippen LogP contribution in [0.4, 0.5) is 13.2 Å². The summed E-state index contributed by atoms with van der Waals surface area (Å²) in [5.41, 5.74) is 2.70. The Morgan fingerprint density at radius 1 is 0.977 bits per heavy atom. The van der Waals surface area contributed by atoms with Crippen molar-refractivity contribution in [2.75, 3.05) is 0 Å². The number of unbranched alkanes of at least 4 members (excludes halogenated alkanes) is 1. The lowest BCUT2D eigenvalue weighted by Gasteiger charge is -2.32. The highest BCUT2D eigenvalue weighted by Gasteiger charge is 2.32. The number of carbonyl (C=O) groups is 2. The molecule has 1 amide bonds. The van der Waals surface area contributed by atoms with E-state index in [0.717, 1.165) is 23.6 Å². The highest BCUT2D eigenvalue weighted by Crippen LogP contribution is 2.36. The van der Waals surface area contributed by atoms with Gasteiger partial charge in [0.05, 0.1) is 0 Å². The first-order valence-electron chi connectivity index (χ1n) is 14.0. The fourth-order valence-corrected chi connectivity index (χ4v) is 4.75. The van der Waals surface area contributed by atoms with E-state index < -0.39 is 24.1 Å². The molecule has 0 fully saturated rings. The molecule has 44 heavy (non-hydrogen) atoms. The Hall–Kier alpha value is -4.94. The van der Waals surface area contributed by atoms with Gasteiger partial charge in [0.15, 0.2) is 0 Å². The predicted molar refractivity (Wildman–Crippen MR) is 155 cm³/mol. The third kappa shape index (κ3) is 8.33. The number of carboxylic acid groups (broad SMARTS) is 1. The van der Waals surface area contributed by atoms with Crippen LogP contribution >= 0.6 is 0 Å². The van der Waals surface area contributed by atoms with Gasteiger partial charge in [0.1, 0.15) is 23.3 Å². The molecule has 13 heteroatoms. The van der Waals surface area contributed by atoms with Gasteiger partial charge in [0.2, 0.25) is 11.7 Å². The van der Waals surface area contributed by atoms with E-state index in [-0.39, 0.29) is 30.5 Å². The van der Waals surface area contributed by atoms with Gasteiger partial charge in [-0.15, -0.1) is 23.4 Å². The van der Waals surface area contributed by atoms with Crippen LogP contribution < -0.4 is 9.47 Å². The lowest BCUT2D eigenvalue weighted by molar-refractivity contribution is -0.274. The number of H-pyrrole nitrogens is 1. The fourth-order valence-electron chi connectivity index (χ4n) is 4.75. The minimum absolute atomic E-state index is 0.120. The van der Waals surface area contributed by atoms with Crippen molar-refractivity contribution in [3.63, 3.8) is 0 Å². The second-order valence-electron chi connectivity index (χ2n) is 10.4. The van der Waals surface area contributed by atoms with E-state index in [1.807, 2.05) is 19.1 Å². The van der Waals surface area contributed by atoms with Crippen molar-refractivity contribution in [1.82, 2.24) is 25.5 Å². The number of hydrogen-bond acceptors (Lipinski definition) is 7. The van der Waals surface area contributed by atoms with Gasteiger partial charge in [-0.1, -0.05) is 57.5 Å². The van der Waals surface area contributed by atoms with Crippen LogP contribution in [0.5, 0.6) is 17.2 Å². The molecule has 0 aliphatic rings. The molecule has 0 spiro atoms. The van der Waals surface area contributed by atoms with Crippen LogP contribution in [0.3, 0.4) is 0 Å². The number of hydrogen-bond donors (Lipinski definition) is 2. The zero-order valence-electron chi connectivity index (χ0n) is 24.3. The van der Waals surface area contributed by atoms with Crippen molar-refractivity contribution in [3.05, 3.63) is 72.3 Å². The second-order valence-corrected chi connectivity index (χ2v) is 10.4. The summed E-state index contributed by atoms with van der Waals surface area (Å²) in [6.07, 6.45) is -3.11. The van der Waals surface area contributed by atoms with Gasteiger partial charge in [-0.05, 0) is 64.6 Å². The molecule has 4 rings (SSSR count). The summed E-state index contributed by atoms with van der Waals surface area (Å²) in [5.74, 6) is -1.22. The van der Waals surface area contributed by atoms with E-state index in [9.17, 15) is 27.9 Å². The van der Waals surface area contributed by atoms with Crippen molar-refractivity contribution < 1.29 is 37.3 Å². The number of ether oxygens (including phenoxy) is 2. The van der Waals surface area contributed by atoms with Crippen LogP contribution in [0.1, 0.15) is 45.6 Å². The number of aliphatic carboxylic acids is 1. The van der Waals surface area contributed by atoms with E-state index in [1.165, 1.54) is 23.1 Å². The summed E-state index contributed by atoms with van der Waals surface area (Å²) in [7, 11) is 0. The minimum Gasteiger partial charge on any atom is -0.480 e. The number of halogens is 3. The summed E-state index contributed by atoms with van der Waals surface area (Å²) in [5, 5.41) is 24.1. The topological polar surface area (TPSA) is 131 Å². The molecule has 0 aliphatic carbocycles. The monoisotopic (exact) mass is 611 g/mol. The molecule has 0 saturated carbocycles. The zero-order valence-corrected chi connectivity index (χ0v) is 24.3. The van der Waals surface area contributed by atoms with Gasteiger partial charge in [-0.3, -0.25) is 4.79 Å². The predicted octanol–water partition coefficient (Wildman–Crippen LogP) is 6.85. The summed E-state index contributed by atoms with van der Waals surface area (Å²) < 4.78 is 47.9. The molecule has 232 valence electrons. The molecule has 0 radical (unpaired) electrons. The van der Waals surface area contributed by atoms with Crippen molar-refractivity contribution in [2.45, 2.75) is 59.0 Å². The molecule has 1 heterocycles. The molecule has 1 aromatic heterocycles. The van der Waals surface area contributed by atoms with Gasteiger partial charge >= 0.3 is 12.3 Å². The number of carbonyl (C=O) groups excluding carboxylic acids is 1. The highest BCUT2D eigenvalue weighted by molar-refractivity contribution is 5.84. The number of aromatic amines is 1. The van der Waals surface area contributed by atoms with E-state index in [4.69, 9.17) is 4.74 Å². The van der Waals surface area contributed by atoms with E-state index >= 15 is 0 Å². The maximum atomic E-state index is 13.1. The summed E-state index contributed by atoms with van der Waals surface area (Å²) >= 11 is 0. The summed E-state index contributed by atoms with van der Waals surface area (Å²) in [6.45, 7) is 5.64. The third-order valence-corrected chi connectivity index (χ3v) is 6.75. The van der Waals surface area contributed by atoms with Gasteiger partial charge in [0.25, 0.3) is 0 Å². The van der Waals surface area contributed by atoms with Crippen molar-refractivity contribution in [1.29, 1.82) is 0 Å². The average molecular weight is 612 g/mol. The summed E-state index contributed by atoms with van der Waals surface area (Å²) in [4.78, 5) is 26.6. The number of nitrogens with one attached hydrogen (secondary N) is 1. The molecule has 1 atom stereocenters. The molecular formula is C31H32F3N5O5. The summed E-state index contributed by atoms with van der Waals surface area (Å²) in [6, 6.07) is 16.5. The number of nitrogens with zero attached hydrogens (tertiary/aromatic N) is 4. The van der Waals surface area contributed by atoms with Gasteiger partial charge in [-0.25, -0.2) is 4.79 Å². The quantitative estimate of drug-likeness (QED) is 0.168. The Balaban J connectivity index is 1.64. The lowest BCUT2D eigenvalue weighted by Crippen LogP contribution is -2.47. The largest absolute Gasteiger partial charge is 0.573 e. The SMILES string of the molecule is CCCCC(=O)N(Cc1ccc(-c2cc(Oc3cccc(OC(F)(F)F)c3)ccc2-c2nn[nH]n2)cc1)C(C(=O)O)C(C)C. The number of carboxylic acids is 1. The normalized spacial score (nSPS) is 12.2. The van der Waals surface area contributed by atoms with Crippen LogP contribution in [0.2, 0.25) is 0 Å². The Morgan fingerprint density at radius 2 is 1.68 bits per heavy atom. The smallest absolute Gasteiger partial charge is 0.480 e. The van der Waals surface area contributed by atoms with E-state index in [2.05, 4.69) is 25.4 Å².